The summed E-state index contributed by atoms with van der Waals surface area (Å²) in [7, 11) is 0. The summed E-state index contributed by atoms with van der Waals surface area (Å²) in [5.41, 5.74) is 6.36. The summed E-state index contributed by atoms with van der Waals surface area (Å²) in [6.45, 7) is 1.78. The maximum absolute atomic E-state index is 9.03. The van der Waals surface area contributed by atoms with Crippen LogP contribution in [0.2, 0.25) is 0 Å². The summed E-state index contributed by atoms with van der Waals surface area (Å²) in [6, 6.07) is 7.67. The van der Waals surface area contributed by atoms with Crippen molar-refractivity contribution in [1.82, 2.24) is 0 Å². The van der Waals surface area contributed by atoms with Crippen LogP contribution in [-0.2, 0) is 0 Å². The van der Waals surface area contributed by atoms with Gasteiger partial charge in [-0.25, -0.2) is 0 Å². The lowest BCUT2D eigenvalue weighted by Crippen LogP contribution is -2.02. The summed E-state index contributed by atoms with van der Waals surface area (Å²) in [6.07, 6.45) is -0.267. The second kappa shape index (κ2) is 4.38. The molecule has 3 heteroatoms. The van der Waals surface area contributed by atoms with Crippen molar-refractivity contribution in [2.24, 2.45) is 0 Å². The zero-order valence-electron chi connectivity index (χ0n) is 7.03. The zero-order chi connectivity index (χ0) is 8.97. The van der Waals surface area contributed by atoms with Gasteiger partial charge in [0.05, 0.1) is 6.10 Å². The Morgan fingerprint density at radius 1 is 1.58 bits per heavy atom. The maximum atomic E-state index is 9.03. The van der Waals surface area contributed by atoms with Crippen LogP contribution in [-0.4, -0.2) is 17.0 Å². The van der Waals surface area contributed by atoms with E-state index < -0.39 is 0 Å². The topological polar surface area (TPSA) is 46.2 Å². The molecule has 0 aliphatic carbocycles. The van der Waals surface area contributed by atoms with E-state index in [9.17, 15) is 0 Å². The molecule has 0 spiro atoms. The number of thioether (sulfide) groups is 1. The second-order valence-corrected chi connectivity index (χ2v) is 3.83. The Morgan fingerprint density at radius 3 is 2.92 bits per heavy atom. The lowest BCUT2D eigenvalue weighted by molar-refractivity contribution is 0.220. The van der Waals surface area contributed by atoms with Gasteiger partial charge in [-0.15, -0.1) is 11.8 Å². The number of anilines is 1. The second-order valence-electron chi connectivity index (χ2n) is 2.73. The molecule has 0 bridgehead atoms. The van der Waals surface area contributed by atoms with Crippen LogP contribution in [0, 0.1) is 0 Å². The SMILES string of the molecule is CC(O)CSc1cccc(N)c1. The van der Waals surface area contributed by atoms with Crippen LogP contribution >= 0.6 is 11.8 Å². The number of hydrogen-bond acceptors (Lipinski definition) is 3. The van der Waals surface area contributed by atoms with Gasteiger partial charge in [-0.2, -0.15) is 0 Å². The predicted octanol–water partition coefficient (Wildman–Crippen LogP) is 1.74. The third-order valence-corrected chi connectivity index (χ3v) is 2.59. The van der Waals surface area contributed by atoms with E-state index >= 15 is 0 Å². The van der Waals surface area contributed by atoms with Crippen LogP contribution in [0.25, 0.3) is 0 Å². The van der Waals surface area contributed by atoms with Crippen LogP contribution in [0.15, 0.2) is 29.2 Å². The van der Waals surface area contributed by atoms with Crippen LogP contribution < -0.4 is 5.73 Å². The Labute approximate surface area is 76.8 Å². The monoisotopic (exact) mass is 183 g/mol. The first-order chi connectivity index (χ1) is 5.68. The maximum Gasteiger partial charge on any atom is 0.0606 e. The quantitative estimate of drug-likeness (QED) is 0.554. The molecule has 1 unspecified atom stereocenters. The van der Waals surface area contributed by atoms with Gasteiger partial charge in [-0.3, -0.25) is 0 Å². The molecular formula is C9H13NOS. The first-order valence-corrected chi connectivity index (χ1v) is 4.83. The molecule has 0 saturated heterocycles. The van der Waals surface area contributed by atoms with E-state index in [1.54, 1.807) is 18.7 Å². The van der Waals surface area contributed by atoms with E-state index in [1.807, 2.05) is 24.3 Å². The summed E-state index contributed by atoms with van der Waals surface area (Å²) in [4.78, 5) is 1.11. The first-order valence-electron chi connectivity index (χ1n) is 3.85. The van der Waals surface area contributed by atoms with Gasteiger partial charge >= 0.3 is 0 Å². The van der Waals surface area contributed by atoms with Crippen molar-refractivity contribution in [3.63, 3.8) is 0 Å². The number of nitrogen functional groups attached to an aromatic ring is 1. The van der Waals surface area contributed by atoms with Gasteiger partial charge in [0, 0.05) is 16.3 Å². The normalized spacial score (nSPS) is 12.8. The fourth-order valence-electron chi connectivity index (χ4n) is 0.821. The molecule has 0 fully saturated rings. The molecule has 0 heterocycles. The van der Waals surface area contributed by atoms with Crippen LogP contribution in [0.5, 0.6) is 0 Å². The Kier molecular flexibility index (Phi) is 3.44. The van der Waals surface area contributed by atoms with Gasteiger partial charge in [-0.05, 0) is 25.1 Å². The average Bonchev–Trinajstić information content (AvgIpc) is 2.01. The van der Waals surface area contributed by atoms with Crippen molar-refractivity contribution in [2.45, 2.75) is 17.9 Å². The van der Waals surface area contributed by atoms with Crippen molar-refractivity contribution < 1.29 is 5.11 Å². The largest absolute Gasteiger partial charge is 0.399 e. The number of hydrogen-bond donors (Lipinski definition) is 2. The van der Waals surface area contributed by atoms with Crippen molar-refractivity contribution in [3.8, 4) is 0 Å². The minimum absolute atomic E-state index is 0.267. The molecule has 0 aromatic heterocycles. The molecule has 0 aliphatic heterocycles. The summed E-state index contributed by atoms with van der Waals surface area (Å²) in [5.74, 6) is 0.712. The fraction of sp³-hybridized carbons (Fsp3) is 0.333. The molecule has 66 valence electrons. The standard InChI is InChI=1S/C9H13NOS/c1-7(11)6-12-9-4-2-3-8(10)5-9/h2-5,7,11H,6,10H2,1H3. The molecule has 12 heavy (non-hydrogen) atoms. The van der Waals surface area contributed by atoms with E-state index in [1.165, 1.54) is 0 Å². The minimum atomic E-state index is -0.267. The minimum Gasteiger partial charge on any atom is -0.399 e. The van der Waals surface area contributed by atoms with E-state index in [2.05, 4.69) is 0 Å². The van der Waals surface area contributed by atoms with Crippen molar-refractivity contribution in [3.05, 3.63) is 24.3 Å². The van der Waals surface area contributed by atoms with Crippen LogP contribution in [0.1, 0.15) is 6.92 Å². The molecule has 0 radical (unpaired) electrons. The van der Waals surface area contributed by atoms with Gasteiger partial charge < -0.3 is 10.8 Å². The van der Waals surface area contributed by atoms with E-state index in [0.29, 0.717) is 5.75 Å². The van der Waals surface area contributed by atoms with E-state index in [0.717, 1.165) is 10.6 Å². The molecule has 1 atom stereocenters. The summed E-state index contributed by atoms with van der Waals surface area (Å²) < 4.78 is 0. The highest BCUT2D eigenvalue weighted by Gasteiger charge is 1.97. The van der Waals surface area contributed by atoms with Crippen LogP contribution in [0.3, 0.4) is 0 Å². The Balaban J connectivity index is 2.52. The lowest BCUT2D eigenvalue weighted by Gasteiger charge is -2.03. The van der Waals surface area contributed by atoms with Crippen LogP contribution in [0.4, 0.5) is 5.69 Å². The van der Waals surface area contributed by atoms with Crippen molar-refractivity contribution >= 4 is 17.4 Å². The molecule has 2 nitrogen and oxygen atoms in total. The number of aliphatic hydroxyl groups is 1. The number of nitrogens with two attached hydrogens (primary N) is 1. The highest BCUT2D eigenvalue weighted by molar-refractivity contribution is 7.99. The summed E-state index contributed by atoms with van der Waals surface area (Å²) in [5, 5.41) is 9.03. The van der Waals surface area contributed by atoms with E-state index in [4.69, 9.17) is 10.8 Å². The molecule has 0 saturated carbocycles. The van der Waals surface area contributed by atoms with Gasteiger partial charge in [-0.1, -0.05) is 6.07 Å². The van der Waals surface area contributed by atoms with Gasteiger partial charge in [0.2, 0.25) is 0 Å². The molecule has 1 aromatic rings. The molecule has 0 amide bonds. The number of benzene rings is 1. The third-order valence-electron chi connectivity index (χ3n) is 1.35. The highest BCUT2D eigenvalue weighted by Crippen LogP contribution is 2.20. The molecular weight excluding hydrogens is 170 g/mol. The van der Waals surface area contributed by atoms with E-state index in [-0.39, 0.29) is 6.10 Å². The Hall–Kier alpha value is -0.670. The fourth-order valence-corrected chi connectivity index (χ4v) is 1.65. The number of rotatable bonds is 3. The average molecular weight is 183 g/mol. The molecule has 0 aliphatic rings. The molecule has 1 aromatic carbocycles. The molecule has 3 N–H and O–H groups in total. The highest BCUT2D eigenvalue weighted by atomic mass is 32.2. The first kappa shape index (κ1) is 9.42. The van der Waals surface area contributed by atoms with Crippen molar-refractivity contribution in [1.29, 1.82) is 0 Å². The Morgan fingerprint density at radius 2 is 2.33 bits per heavy atom. The smallest absolute Gasteiger partial charge is 0.0606 e. The van der Waals surface area contributed by atoms with Gasteiger partial charge in [0.25, 0.3) is 0 Å². The zero-order valence-corrected chi connectivity index (χ0v) is 7.84. The van der Waals surface area contributed by atoms with Gasteiger partial charge in [0.1, 0.15) is 0 Å². The predicted molar refractivity (Wildman–Crippen MR) is 53.3 cm³/mol. The Bertz CT molecular complexity index is 250. The molecule has 1 rings (SSSR count). The van der Waals surface area contributed by atoms with Crippen molar-refractivity contribution in [2.75, 3.05) is 11.5 Å². The third kappa shape index (κ3) is 3.15. The number of aliphatic hydroxyl groups excluding tert-OH is 1. The lowest BCUT2D eigenvalue weighted by atomic mass is 10.3. The summed E-state index contributed by atoms with van der Waals surface area (Å²) >= 11 is 1.61. The van der Waals surface area contributed by atoms with Gasteiger partial charge in [0.15, 0.2) is 0 Å².